The molecule has 0 aliphatic heterocycles. The van der Waals surface area contributed by atoms with E-state index in [9.17, 15) is 5.11 Å². The first-order valence-corrected chi connectivity index (χ1v) is 7.88. The SMILES string of the molecule is CC1CCC(CN)(C(O)c2csc3ccccc23)C1. The van der Waals surface area contributed by atoms with Crippen LogP contribution in [0.3, 0.4) is 0 Å². The first kappa shape index (κ1) is 13.1. The molecule has 3 rings (SSSR count). The van der Waals surface area contributed by atoms with E-state index in [2.05, 4.69) is 24.4 Å². The third-order valence-corrected chi connectivity index (χ3v) is 5.66. The third-order valence-electron chi connectivity index (χ3n) is 4.68. The van der Waals surface area contributed by atoms with Crippen molar-refractivity contribution < 1.29 is 5.11 Å². The van der Waals surface area contributed by atoms with Gasteiger partial charge in [0, 0.05) is 16.7 Å². The van der Waals surface area contributed by atoms with E-state index in [4.69, 9.17) is 5.73 Å². The van der Waals surface area contributed by atoms with Crippen LogP contribution in [0, 0.1) is 11.3 Å². The fraction of sp³-hybridized carbons (Fsp3) is 0.500. The molecule has 1 aliphatic carbocycles. The van der Waals surface area contributed by atoms with Crippen molar-refractivity contribution >= 4 is 21.4 Å². The molecule has 0 amide bonds. The van der Waals surface area contributed by atoms with Crippen molar-refractivity contribution in [3.8, 4) is 0 Å². The van der Waals surface area contributed by atoms with Crippen molar-refractivity contribution in [1.29, 1.82) is 0 Å². The van der Waals surface area contributed by atoms with Crippen LogP contribution in [0.2, 0.25) is 0 Å². The molecule has 0 saturated heterocycles. The Bertz CT molecular complexity index is 579. The molecule has 19 heavy (non-hydrogen) atoms. The van der Waals surface area contributed by atoms with E-state index < -0.39 is 6.10 Å². The monoisotopic (exact) mass is 275 g/mol. The first-order chi connectivity index (χ1) is 9.16. The van der Waals surface area contributed by atoms with Crippen LogP contribution in [-0.2, 0) is 0 Å². The van der Waals surface area contributed by atoms with Crippen molar-refractivity contribution in [3.05, 3.63) is 35.2 Å². The van der Waals surface area contributed by atoms with Crippen molar-refractivity contribution in [2.45, 2.75) is 32.3 Å². The zero-order valence-corrected chi connectivity index (χ0v) is 12.1. The lowest BCUT2D eigenvalue weighted by Crippen LogP contribution is -2.34. The summed E-state index contributed by atoms with van der Waals surface area (Å²) in [5, 5.41) is 14.2. The molecule has 1 heterocycles. The Labute approximate surface area is 118 Å². The van der Waals surface area contributed by atoms with E-state index in [0.29, 0.717) is 12.5 Å². The normalized spacial score (nSPS) is 28.9. The lowest BCUT2D eigenvalue weighted by atomic mass is 9.77. The molecule has 0 spiro atoms. The van der Waals surface area contributed by atoms with Gasteiger partial charge in [0.15, 0.2) is 0 Å². The summed E-state index contributed by atoms with van der Waals surface area (Å²) in [6.07, 6.45) is 2.82. The van der Waals surface area contributed by atoms with Gasteiger partial charge in [-0.3, -0.25) is 0 Å². The van der Waals surface area contributed by atoms with Gasteiger partial charge in [-0.1, -0.05) is 31.5 Å². The Hall–Kier alpha value is -0.900. The van der Waals surface area contributed by atoms with Crippen LogP contribution in [-0.4, -0.2) is 11.7 Å². The lowest BCUT2D eigenvalue weighted by molar-refractivity contribution is 0.0322. The highest BCUT2D eigenvalue weighted by Crippen LogP contribution is 2.50. The predicted molar refractivity (Wildman–Crippen MR) is 81.3 cm³/mol. The zero-order chi connectivity index (χ0) is 13.5. The zero-order valence-electron chi connectivity index (χ0n) is 11.3. The van der Waals surface area contributed by atoms with Gasteiger partial charge in [0.05, 0.1) is 6.10 Å². The number of nitrogens with two attached hydrogens (primary N) is 1. The second-order valence-corrected chi connectivity index (χ2v) is 6.92. The van der Waals surface area contributed by atoms with Crippen LogP contribution in [0.15, 0.2) is 29.6 Å². The van der Waals surface area contributed by atoms with Gasteiger partial charge in [0.1, 0.15) is 0 Å². The van der Waals surface area contributed by atoms with E-state index in [1.54, 1.807) is 11.3 Å². The average molecular weight is 275 g/mol. The molecule has 1 aromatic carbocycles. The Balaban J connectivity index is 2.01. The molecule has 0 bridgehead atoms. The number of thiophene rings is 1. The maximum atomic E-state index is 10.9. The molecular formula is C16H21NOS. The van der Waals surface area contributed by atoms with Crippen LogP contribution >= 0.6 is 11.3 Å². The topological polar surface area (TPSA) is 46.2 Å². The van der Waals surface area contributed by atoms with E-state index in [1.165, 1.54) is 16.5 Å². The minimum atomic E-state index is -0.432. The van der Waals surface area contributed by atoms with Crippen LogP contribution in [0.4, 0.5) is 0 Å². The van der Waals surface area contributed by atoms with Gasteiger partial charge in [-0.05, 0) is 41.2 Å². The van der Waals surface area contributed by atoms with Crippen LogP contribution in [0.1, 0.15) is 37.9 Å². The summed E-state index contributed by atoms with van der Waals surface area (Å²) in [4.78, 5) is 0. The number of hydrogen-bond acceptors (Lipinski definition) is 3. The van der Waals surface area contributed by atoms with Gasteiger partial charge in [-0.15, -0.1) is 11.3 Å². The average Bonchev–Trinajstić information content (AvgIpc) is 3.02. The fourth-order valence-corrected chi connectivity index (χ4v) is 4.50. The minimum absolute atomic E-state index is 0.122. The summed E-state index contributed by atoms with van der Waals surface area (Å²) in [6, 6.07) is 8.30. The van der Waals surface area contributed by atoms with Gasteiger partial charge < -0.3 is 10.8 Å². The maximum absolute atomic E-state index is 10.9. The number of aliphatic hydroxyl groups excluding tert-OH is 1. The molecule has 3 heteroatoms. The van der Waals surface area contributed by atoms with Gasteiger partial charge in [-0.25, -0.2) is 0 Å². The minimum Gasteiger partial charge on any atom is -0.388 e. The third kappa shape index (κ3) is 2.10. The summed E-state index contributed by atoms with van der Waals surface area (Å²) in [5.74, 6) is 0.670. The van der Waals surface area contributed by atoms with Gasteiger partial charge in [0.25, 0.3) is 0 Å². The summed E-state index contributed by atoms with van der Waals surface area (Å²) in [6.45, 7) is 2.83. The maximum Gasteiger partial charge on any atom is 0.0872 e. The molecule has 2 nitrogen and oxygen atoms in total. The number of hydrogen-bond donors (Lipinski definition) is 2. The standard InChI is InChI=1S/C16H21NOS/c1-11-6-7-16(8-11,10-17)15(18)13-9-19-14-5-3-2-4-12(13)14/h2-5,9,11,15,18H,6-8,10,17H2,1H3. The van der Waals surface area contributed by atoms with Crippen molar-refractivity contribution in [2.75, 3.05) is 6.54 Å². The van der Waals surface area contributed by atoms with Crippen LogP contribution in [0.25, 0.3) is 10.1 Å². The summed E-state index contributed by atoms with van der Waals surface area (Å²) in [7, 11) is 0. The number of aliphatic hydroxyl groups is 1. The van der Waals surface area contributed by atoms with E-state index in [1.807, 2.05) is 12.1 Å². The Morgan fingerprint density at radius 3 is 2.95 bits per heavy atom. The van der Waals surface area contributed by atoms with E-state index >= 15 is 0 Å². The second kappa shape index (κ2) is 4.89. The number of rotatable bonds is 3. The quantitative estimate of drug-likeness (QED) is 0.897. The lowest BCUT2D eigenvalue weighted by Gasteiger charge is -2.33. The molecule has 3 atom stereocenters. The molecule has 0 radical (unpaired) electrons. The first-order valence-electron chi connectivity index (χ1n) is 7.00. The molecule has 3 unspecified atom stereocenters. The van der Waals surface area contributed by atoms with E-state index in [0.717, 1.165) is 18.4 Å². The molecule has 1 aliphatic rings. The Morgan fingerprint density at radius 1 is 1.47 bits per heavy atom. The highest BCUT2D eigenvalue weighted by Gasteiger charge is 2.43. The van der Waals surface area contributed by atoms with Crippen LogP contribution in [0.5, 0.6) is 0 Å². The van der Waals surface area contributed by atoms with Gasteiger partial charge >= 0.3 is 0 Å². The van der Waals surface area contributed by atoms with Gasteiger partial charge in [-0.2, -0.15) is 0 Å². The molecule has 1 fully saturated rings. The number of fused-ring (bicyclic) bond motifs is 1. The summed E-state index contributed by atoms with van der Waals surface area (Å²) >= 11 is 1.71. The summed E-state index contributed by atoms with van der Waals surface area (Å²) < 4.78 is 1.25. The molecule has 2 aromatic rings. The predicted octanol–water partition coefficient (Wildman–Crippen LogP) is 3.70. The smallest absolute Gasteiger partial charge is 0.0872 e. The largest absolute Gasteiger partial charge is 0.388 e. The molecule has 1 aromatic heterocycles. The van der Waals surface area contributed by atoms with Crippen molar-refractivity contribution in [2.24, 2.45) is 17.1 Å². The Kier molecular flexibility index (Phi) is 3.37. The summed E-state index contributed by atoms with van der Waals surface area (Å²) in [5.41, 5.74) is 6.97. The highest BCUT2D eigenvalue weighted by molar-refractivity contribution is 7.17. The molecule has 3 N–H and O–H groups in total. The number of benzene rings is 1. The second-order valence-electron chi connectivity index (χ2n) is 6.00. The highest BCUT2D eigenvalue weighted by atomic mass is 32.1. The van der Waals surface area contributed by atoms with E-state index in [-0.39, 0.29) is 5.41 Å². The molecule has 102 valence electrons. The molecular weight excluding hydrogens is 254 g/mol. The fourth-order valence-electron chi connectivity index (χ4n) is 3.52. The van der Waals surface area contributed by atoms with Crippen molar-refractivity contribution in [1.82, 2.24) is 0 Å². The van der Waals surface area contributed by atoms with Crippen molar-refractivity contribution in [3.63, 3.8) is 0 Å². The van der Waals surface area contributed by atoms with Gasteiger partial charge in [0.2, 0.25) is 0 Å². The molecule has 1 saturated carbocycles. The van der Waals surface area contributed by atoms with Crippen LogP contribution < -0.4 is 5.73 Å². The Morgan fingerprint density at radius 2 is 2.26 bits per heavy atom.